The number of hydrogen-bond acceptors (Lipinski definition) is 8. The van der Waals surface area contributed by atoms with E-state index in [0.717, 1.165) is 0 Å². The molecule has 41 heavy (non-hydrogen) atoms. The van der Waals surface area contributed by atoms with E-state index >= 15 is 0 Å². The van der Waals surface area contributed by atoms with E-state index in [1.165, 1.54) is 22.3 Å². The number of fused-ring (bicyclic) bond motifs is 2. The van der Waals surface area contributed by atoms with Crippen molar-refractivity contribution in [3.8, 4) is 11.8 Å². The molecule has 5 aromatic rings. The summed E-state index contributed by atoms with van der Waals surface area (Å²) in [5.74, 6) is 5.17. The number of benzene rings is 1. The number of nitrogens with two attached hydrogens (primary N) is 1. The van der Waals surface area contributed by atoms with Crippen molar-refractivity contribution in [3.63, 3.8) is 0 Å². The number of anilines is 1. The third-order valence-electron chi connectivity index (χ3n) is 6.55. The van der Waals surface area contributed by atoms with Gasteiger partial charge in [0.05, 0.1) is 28.9 Å². The largest absolute Gasteiger partial charge is 0.381 e. The zero-order chi connectivity index (χ0) is 29.3. The fourth-order valence-electron chi connectivity index (χ4n) is 4.52. The van der Waals surface area contributed by atoms with E-state index in [1.807, 2.05) is 0 Å². The molecule has 1 aromatic carbocycles. The first kappa shape index (κ1) is 27.6. The normalized spacial score (nSPS) is 12.3. The second-order valence-electron chi connectivity index (χ2n) is 9.31. The number of pyridine rings is 1. The van der Waals surface area contributed by atoms with Gasteiger partial charge in [-0.2, -0.15) is 5.10 Å². The molecule has 14 heteroatoms. The number of nitrogens with zero attached hydrogens (tertiary/aromatic N) is 6. The van der Waals surface area contributed by atoms with E-state index < -0.39 is 27.5 Å². The number of carbonyl (C=O) groups is 1. The van der Waals surface area contributed by atoms with Gasteiger partial charge in [-0.25, -0.2) is 22.6 Å². The van der Waals surface area contributed by atoms with Crippen LogP contribution in [0.5, 0.6) is 0 Å². The molecule has 5 rings (SSSR count). The van der Waals surface area contributed by atoms with Crippen LogP contribution in [-0.4, -0.2) is 56.1 Å². The van der Waals surface area contributed by atoms with Gasteiger partial charge in [0.2, 0.25) is 10.0 Å². The summed E-state index contributed by atoms with van der Waals surface area (Å²) in [5, 5.41) is 12.0. The maximum absolute atomic E-state index is 13.9. The lowest BCUT2D eigenvalue weighted by molar-refractivity contribution is 0.0940. The molecular weight excluding hydrogens is 546 g/mol. The summed E-state index contributed by atoms with van der Waals surface area (Å²) in [5.41, 5.74) is 7.53. The van der Waals surface area contributed by atoms with E-state index in [-0.39, 0.29) is 29.3 Å². The van der Waals surface area contributed by atoms with Crippen molar-refractivity contribution in [2.45, 2.75) is 19.5 Å². The Hall–Kier alpha value is -5.00. The Morgan fingerprint density at radius 1 is 1.22 bits per heavy atom. The summed E-state index contributed by atoms with van der Waals surface area (Å²) in [4.78, 5) is 31.5. The quantitative estimate of drug-likeness (QED) is 0.240. The Morgan fingerprint density at radius 2 is 2.02 bits per heavy atom. The summed E-state index contributed by atoms with van der Waals surface area (Å²) in [6.45, 7) is 1.54. The number of aromatic nitrogens is 6. The highest BCUT2D eigenvalue weighted by Crippen LogP contribution is 2.22. The zero-order valence-electron chi connectivity index (χ0n) is 22.5. The van der Waals surface area contributed by atoms with Gasteiger partial charge in [0.1, 0.15) is 5.56 Å². The van der Waals surface area contributed by atoms with Crippen LogP contribution in [0.3, 0.4) is 0 Å². The van der Waals surface area contributed by atoms with Crippen molar-refractivity contribution in [1.82, 2.24) is 39.0 Å². The molecule has 0 aliphatic rings. The minimum absolute atomic E-state index is 0.00116. The molecule has 4 heterocycles. The van der Waals surface area contributed by atoms with Gasteiger partial charge in [-0.15, -0.1) is 5.10 Å². The first-order valence-corrected chi connectivity index (χ1v) is 14.2. The van der Waals surface area contributed by atoms with Crippen LogP contribution in [0.4, 0.5) is 5.82 Å². The number of rotatable bonds is 7. The van der Waals surface area contributed by atoms with Gasteiger partial charge >= 0.3 is 0 Å². The van der Waals surface area contributed by atoms with Gasteiger partial charge in [0.25, 0.3) is 11.5 Å². The van der Waals surface area contributed by atoms with E-state index in [0.29, 0.717) is 27.6 Å². The Bertz CT molecular complexity index is 2030. The summed E-state index contributed by atoms with van der Waals surface area (Å²) in [6, 6.07) is 7.97. The Labute approximate surface area is 235 Å². The standard InChI is InChI=1S/C27H27N9O4S/c1-17(32-26(37)23-24(28)33-36-11-5-10-30-25(23)36)21-14-20-7-4-6-19(9-8-18-15-31-34(3)16-18)22(20)27(38)35(21)12-13-41(39,40)29-2/h4-7,10-11,14-17,29H,12-13H2,1-3H3,(H2,28,33)(H,32,37)/t17-/m1/s1. The lowest BCUT2D eigenvalue weighted by atomic mass is 10.0. The first-order chi connectivity index (χ1) is 19.6. The van der Waals surface area contributed by atoms with Crippen LogP contribution in [0.25, 0.3) is 16.4 Å². The maximum atomic E-state index is 13.9. The van der Waals surface area contributed by atoms with E-state index in [9.17, 15) is 18.0 Å². The molecule has 0 radical (unpaired) electrons. The van der Waals surface area contributed by atoms with Gasteiger partial charge in [0.15, 0.2) is 11.5 Å². The number of aryl methyl sites for hydroxylation is 1. The highest BCUT2D eigenvalue weighted by atomic mass is 32.2. The molecule has 4 aromatic heterocycles. The van der Waals surface area contributed by atoms with Gasteiger partial charge in [-0.3, -0.25) is 14.3 Å². The van der Waals surface area contributed by atoms with Gasteiger partial charge in [-0.05, 0) is 37.6 Å². The van der Waals surface area contributed by atoms with Crippen LogP contribution in [0.15, 0.2) is 59.9 Å². The number of carbonyl (C=O) groups excluding carboxylic acids is 1. The van der Waals surface area contributed by atoms with Crippen LogP contribution in [0.1, 0.15) is 40.1 Å². The molecule has 1 amide bonds. The summed E-state index contributed by atoms with van der Waals surface area (Å²) >= 11 is 0. The number of hydrogen-bond donors (Lipinski definition) is 3. The average Bonchev–Trinajstić information content (AvgIpc) is 3.52. The third kappa shape index (κ3) is 5.53. The van der Waals surface area contributed by atoms with Crippen LogP contribution in [0, 0.1) is 11.8 Å². The minimum Gasteiger partial charge on any atom is -0.381 e. The first-order valence-electron chi connectivity index (χ1n) is 12.6. The Kier molecular flexibility index (Phi) is 7.31. The lowest BCUT2D eigenvalue weighted by Crippen LogP contribution is -2.35. The lowest BCUT2D eigenvalue weighted by Gasteiger charge is -2.21. The molecule has 0 saturated carbocycles. The number of nitrogen functional groups attached to an aromatic ring is 1. The van der Waals surface area contributed by atoms with Crippen molar-refractivity contribution >= 4 is 38.2 Å². The second-order valence-corrected chi connectivity index (χ2v) is 11.4. The fraction of sp³-hybridized carbons (Fsp3) is 0.222. The number of amides is 1. The van der Waals surface area contributed by atoms with Crippen molar-refractivity contribution in [2.75, 3.05) is 18.5 Å². The molecule has 0 saturated heterocycles. The maximum Gasteiger partial charge on any atom is 0.259 e. The SMILES string of the molecule is CNS(=O)(=O)CCn1c([C@@H](C)NC(=O)c2c(N)nn3cccnc23)cc2cccc(C#Cc3cnn(C)c3)c2c1=O. The smallest absolute Gasteiger partial charge is 0.259 e. The minimum atomic E-state index is -3.64. The van der Waals surface area contributed by atoms with Crippen molar-refractivity contribution in [2.24, 2.45) is 7.05 Å². The number of nitrogens with one attached hydrogen (secondary N) is 2. The van der Waals surface area contributed by atoms with Gasteiger partial charge in [-0.1, -0.05) is 24.0 Å². The predicted molar refractivity (Wildman–Crippen MR) is 154 cm³/mol. The van der Waals surface area contributed by atoms with E-state index in [2.05, 4.69) is 37.1 Å². The van der Waals surface area contributed by atoms with Crippen LogP contribution >= 0.6 is 0 Å². The van der Waals surface area contributed by atoms with Crippen LogP contribution in [-0.2, 0) is 23.6 Å². The topological polar surface area (TPSA) is 171 Å². The molecule has 0 aliphatic heterocycles. The van der Waals surface area contributed by atoms with Crippen molar-refractivity contribution in [1.29, 1.82) is 0 Å². The molecule has 1 atom stereocenters. The highest BCUT2D eigenvalue weighted by molar-refractivity contribution is 7.89. The molecule has 0 fully saturated rings. The molecule has 210 valence electrons. The summed E-state index contributed by atoms with van der Waals surface area (Å²) in [6.07, 6.45) is 6.52. The second kappa shape index (κ2) is 10.9. The van der Waals surface area contributed by atoms with Crippen molar-refractivity contribution < 1.29 is 13.2 Å². The van der Waals surface area contributed by atoms with E-state index in [1.54, 1.807) is 67.6 Å². The summed E-state index contributed by atoms with van der Waals surface area (Å²) < 4.78 is 31.2. The Balaban J connectivity index is 1.59. The van der Waals surface area contributed by atoms with Crippen LogP contribution in [0.2, 0.25) is 0 Å². The Morgan fingerprint density at radius 3 is 2.76 bits per heavy atom. The molecule has 0 spiro atoms. The zero-order valence-corrected chi connectivity index (χ0v) is 23.3. The van der Waals surface area contributed by atoms with Gasteiger partial charge < -0.3 is 15.6 Å². The molecule has 4 N–H and O–H groups in total. The predicted octanol–water partition coefficient (Wildman–Crippen LogP) is 0.800. The molecule has 0 bridgehead atoms. The molecule has 0 unspecified atom stereocenters. The van der Waals surface area contributed by atoms with Gasteiger partial charge in [0, 0.05) is 43.4 Å². The average molecular weight is 574 g/mol. The third-order valence-corrected chi connectivity index (χ3v) is 7.89. The monoisotopic (exact) mass is 573 g/mol. The van der Waals surface area contributed by atoms with Crippen LogP contribution < -0.4 is 21.3 Å². The molecule has 0 aliphatic carbocycles. The number of sulfonamides is 1. The van der Waals surface area contributed by atoms with E-state index in [4.69, 9.17) is 5.73 Å². The molecule has 13 nitrogen and oxygen atoms in total. The van der Waals surface area contributed by atoms with Crippen molar-refractivity contribution in [3.05, 3.63) is 87.9 Å². The summed E-state index contributed by atoms with van der Waals surface area (Å²) in [7, 11) is -0.554. The highest BCUT2D eigenvalue weighted by Gasteiger charge is 2.24. The molecular formula is C27H27N9O4S. The fourth-order valence-corrected chi connectivity index (χ4v) is 5.14.